The molecule has 0 aromatic heterocycles. The number of carbonyl (C=O) groups excluding carboxylic acids is 1. The summed E-state index contributed by atoms with van der Waals surface area (Å²) in [5, 5.41) is 12.6. The van der Waals surface area contributed by atoms with Crippen molar-refractivity contribution in [3.63, 3.8) is 0 Å². The van der Waals surface area contributed by atoms with Gasteiger partial charge in [0.05, 0.1) is 0 Å². The van der Waals surface area contributed by atoms with Crippen LogP contribution in [0.5, 0.6) is 0 Å². The molecule has 43 heavy (non-hydrogen) atoms. The van der Waals surface area contributed by atoms with E-state index in [0.29, 0.717) is 0 Å². The monoisotopic (exact) mass is 826 g/mol. The molecule has 4 aromatic carbocycles. The van der Waals surface area contributed by atoms with E-state index in [-0.39, 0.29) is 111 Å². The van der Waals surface area contributed by atoms with Gasteiger partial charge in [-0.05, 0) is 98.5 Å². The third-order valence-corrected chi connectivity index (χ3v) is 7.13. The number of aryl methyl sites for hydroxylation is 2. The number of carbonyl (C=O) groups is 1. The molecule has 4 rings (SSSR count). The molecule has 0 aliphatic rings. The summed E-state index contributed by atoms with van der Waals surface area (Å²) in [6.07, 6.45) is 0. The van der Waals surface area contributed by atoms with Crippen LogP contribution in [0.25, 0.3) is 0 Å². The first kappa shape index (κ1) is 45.7. The summed E-state index contributed by atoms with van der Waals surface area (Å²) < 4.78 is 2.28. The predicted octanol–water partition coefficient (Wildman–Crippen LogP) is 3.11. The van der Waals surface area contributed by atoms with Crippen molar-refractivity contribution in [1.82, 2.24) is 0 Å². The van der Waals surface area contributed by atoms with Crippen molar-refractivity contribution in [2.75, 3.05) is 23.3 Å². The van der Waals surface area contributed by atoms with Crippen LogP contribution >= 0.6 is 47.8 Å². The SMILES string of the molecule is BrCc1cccc(Br)c1.CCN(Cc1cccc(Br)c1)c1cccc(C)c1.CCNc1cccc(C)c1.O=CO[O-].[H-].[K+].[K+]. The molecule has 5 nitrogen and oxygen atoms in total. The normalized spacial score (nSPS) is 9.02. The van der Waals surface area contributed by atoms with Gasteiger partial charge in [0.1, 0.15) is 0 Å². The molecule has 0 bridgehead atoms. The molecule has 4 aromatic rings. The van der Waals surface area contributed by atoms with E-state index in [1.165, 1.54) is 33.6 Å². The van der Waals surface area contributed by atoms with Crippen LogP contribution in [-0.4, -0.2) is 19.6 Å². The maximum atomic E-state index is 8.64. The first-order valence-electron chi connectivity index (χ1n) is 13.1. The molecule has 0 saturated carbocycles. The molecule has 0 amide bonds. The molecular formula is C33H39Br3K2N2O3. The van der Waals surface area contributed by atoms with Crippen molar-refractivity contribution in [1.29, 1.82) is 0 Å². The molecule has 0 aliphatic carbocycles. The fourth-order valence-corrected chi connectivity index (χ4v) is 4.89. The summed E-state index contributed by atoms with van der Waals surface area (Å²) >= 11 is 10.3. The smallest absolute Gasteiger partial charge is 1.00 e. The Morgan fingerprint density at radius 2 is 1.33 bits per heavy atom. The van der Waals surface area contributed by atoms with Crippen LogP contribution in [0.3, 0.4) is 0 Å². The molecule has 222 valence electrons. The molecule has 0 heterocycles. The Bertz CT molecular complexity index is 1310. The maximum Gasteiger partial charge on any atom is 1.00 e. The summed E-state index contributed by atoms with van der Waals surface area (Å²) in [6, 6.07) is 33.8. The summed E-state index contributed by atoms with van der Waals surface area (Å²) in [5.41, 5.74) is 7.73. The first-order valence-corrected chi connectivity index (χ1v) is 15.9. The molecular weight excluding hydrogens is 790 g/mol. The number of benzene rings is 4. The molecule has 0 spiro atoms. The number of anilines is 2. The summed E-state index contributed by atoms with van der Waals surface area (Å²) in [7, 11) is 0. The Hall–Kier alpha value is 0.623. The Kier molecular flexibility index (Phi) is 30.7. The van der Waals surface area contributed by atoms with Crippen LogP contribution in [-0.2, 0) is 21.6 Å². The van der Waals surface area contributed by atoms with E-state index < -0.39 is 0 Å². The molecule has 0 saturated heterocycles. The molecule has 0 radical (unpaired) electrons. The molecule has 1 N–H and O–H groups in total. The number of nitrogens with one attached hydrogen (secondary N) is 1. The largest absolute Gasteiger partial charge is 1.00 e. The second-order valence-electron chi connectivity index (χ2n) is 8.84. The van der Waals surface area contributed by atoms with Crippen LogP contribution in [0, 0.1) is 13.8 Å². The van der Waals surface area contributed by atoms with Crippen molar-refractivity contribution < 1.29 is 119 Å². The van der Waals surface area contributed by atoms with Gasteiger partial charge < -0.3 is 21.8 Å². The minimum atomic E-state index is -0.181. The zero-order valence-electron chi connectivity index (χ0n) is 26.9. The molecule has 10 heteroatoms. The Morgan fingerprint density at radius 3 is 1.77 bits per heavy atom. The maximum absolute atomic E-state index is 8.64. The number of halogens is 3. The minimum absolute atomic E-state index is 0. The fourth-order valence-electron chi connectivity index (χ4n) is 3.65. The number of hydrogen-bond donors (Lipinski definition) is 1. The zero-order valence-corrected chi connectivity index (χ0v) is 37.0. The van der Waals surface area contributed by atoms with E-state index in [1.807, 2.05) is 12.1 Å². The average Bonchev–Trinajstić information content (AvgIpc) is 2.97. The van der Waals surface area contributed by atoms with Gasteiger partial charge in [-0.3, -0.25) is 4.79 Å². The van der Waals surface area contributed by atoms with Crippen LogP contribution in [0.4, 0.5) is 11.4 Å². The standard InChI is InChI=1S/C16H18BrN.C9H13N.C7H6Br2.CH2O3.2K.H/c1-3-18(16-9-4-6-13(2)10-16)12-14-7-5-8-15(17)11-14;1-3-10-9-6-4-5-8(2)7-9;8-5-6-2-1-3-7(9)4-6;2-1-4-3;;;/h4-11H,3,12H2,1-2H3;4-7,10H,3H2,1-2H3;1-4H,5H2;1,3H;;;/q;;;;2*+1;-1/p-1. The second kappa shape index (κ2) is 28.8. The topological polar surface area (TPSA) is 64.6 Å². The van der Waals surface area contributed by atoms with Gasteiger partial charge in [-0.15, -0.1) is 0 Å². The van der Waals surface area contributed by atoms with Gasteiger partial charge in [-0.1, -0.05) is 96.3 Å². The van der Waals surface area contributed by atoms with E-state index in [9.17, 15) is 0 Å². The van der Waals surface area contributed by atoms with E-state index in [0.717, 1.165) is 33.9 Å². The van der Waals surface area contributed by atoms with Crippen LogP contribution in [0.1, 0.15) is 37.5 Å². The quantitative estimate of drug-likeness (QED) is 0.0974. The van der Waals surface area contributed by atoms with Gasteiger partial charge in [0, 0.05) is 45.3 Å². The Morgan fingerprint density at radius 1 is 0.814 bits per heavy atom. The van der Waals surface area contributed by atoms with Gasteiger partial charge >= 0.3 is 103 Å². The van der Waals surface area contributed by atoms with Gasteiger partial charge in [0.2, 0.25) is 0 Å². The molecule has 0 aliphatic heterocycles. The van der Waals surface area contributed by atoms with Gasteiger partial charge in [0.15, 0.2) is 0 Å². The van der Waals surface area contributed by atoms with Gasteiger partial charge in [-0.2, -0.15) is 0 Å². The van der Waals surface area contributed by atoms with Crippen LogP contribution in [0.2, 0.25) is 0 Å². The van der Waals surface area contributed by atoms with Crippen molar-refractivity contribution in [2.24, 2.45) is 0 Å². The molecule has 0 fully saturated rings. The Balaban J connectivity index is -0.000000556. The summed E-state index contributed by atoms with van der Waals surface area (Å²) in [4.78, 5) is 13.6. The van der Waals surface area contributed by atoms with E-state index in [1.54, 1.807) is 0 Å². The average molecular weight is 830 g/mol. The minimum Gasteiger partial charge on any atom is -1.00 e. The molecule has 0 atom stereocenters. The number of hydrogen-bond acceptors (Lipinski definition) is 5. The first-order chi connectivity index (χ1) is 19.8. The summed E-state index contributed by atoms with van der Waals surface area (Å²) in [5.74, 6) is 0. The van der Waals surface area contributed by atoms with E-state index in [4.69, 9.17) is 10.1 Å². The fraction of sp³-hybridized carbons (Fsp3) is 0.242. The van der Waals surface area contributed by atoms with Crippen molar-refractivity contribution >= 4 is 65.6 Å². The van der Waals surface area contributed by atoms with Crippen molar-refractivity contribution in [2.45, 2.75) is 39.6 Å². The van der Waals surface area contributed by atoms with Gasteiger partial charge in [0.25, 0.3) is 6.47 Å². The van der Waals surface area contributed by atoms with E-state index in [2.05, 4.69) is 176 Å². The predicted molar refractivity (Wildman–Crippen MR) is 182 cm³/mol. The third kappa shape index (κ3) is 21.9. The third-order valence-electron chi connectivity index (χ3n) is 5.49. The van der Waals surface area contributed by atoms with Crippen molar-refractivity contribution in [3.05, 3.63) is 128 Å². The van der Waals surface area contributed by atoms with Crippen molar-refractivity contribution in [3.8, 4) is 0 Å². The Labute approximate surface area is 369 Å². The second-order valence-corrected chi connectivity index (χ2v) is 11.2. The summed E-state index contributed by atoms with van der Waals surface area (Å²) in [6.45, 7) is 11.3. The number of rotatable bonds is 8. The van der Waals surface area contributed by atoms with E-state index >= 15 is 0 Å². The number of alkyl halides is 1. The van der Waals surface area contributed by atoms with Crippen LogP contribution in [0.15, 0.2) is 106 Å². The zero-order chi connectivity index (χ0) is 30.5. The van der Waals surface area contributed by atoms with Gasteiger partial charge in [-0.25, -0.2) is 0 Å². The van der Waals surface area contributed by atoms with Crippen LogP contribution < -0.4 is 118 Å². The molecule has 0 unspecified atom stereocenters. The number of nitrogens with zero attached hydrogens (tertiary/aromatic N) is 1.